The van der Waals surface area contributed by atoms with Gasteiger partial charge < -0.3 is 9.30 Å². The minimum atomic E-state index is -0.122. The molecule has 0 saturated heterocycles. The first-order valence-corrected chi connectivity index (χ1v) is 27.5. The van der Waals surface area contributed by atoms with Crippen LogP contribution in [0.1, 0.15) is 132 Å². The molecule has 75 heavy (non-hydrogen) atoms. The number of hydrogen-bond acceptors (Lipinski definition) is 1. The van der Waals surface area contributed by atoms with E-state index >= 15 is 0 Å². The van der Waals surface area contributed by atoms with Crippen LogP contribution in [0.4, 0.5) is 17.1 Å². The molecule has 0 N–H and O–H groups in total. The normalized spacial score (nSPS) is 14.3. The van der Waals surface area contributed by atoms with Gasteiger partial charge in [-0.25, -0.2) is 0 Å². The second-order valence-corrected chi connectivity index (χ2v) is 27.5. The van der Waals surface area contributed by atoms with Gasteiger partial charge in [-0.1, -0.05) is 183 Å². The molecule has 0 bridgehead atoms. The number of para-hydroxylation sites is 2. The predicted octanol–water partition coefficient (Wildman–Crippen LogP) is 17.0. The minimum Gasteiger partial charge on any atom is -0.311 e. The lowest BCUT2D eigenvalue weighted by molar-refractivity contribution is 0.590. The third-order valence-electron chi connectivity index (χ3n) is 17.5. The fraction of sp³-hybridized carbons (Fsp3) is 0.286. The SMILES string of the molecule is CC(C)(C)c1ccc(N2c3ccc(C(C)(C)C)cc3B3c4c2c2c5cc(C(C)(C)C)ccc5n5c6ccc(C(C)(C)C)cc6c(c4-n4c6c3cc(C(C)(C)C)cc6c3c6ccccc6n(-c6ccccc6)c34)c25)cc1. The second-order valence-electron chi connectivity index (χ2n) is 27.5. The van der Waals surface area contributed by atoms with Crippen LogP contribution in [0.3, 0.4) is 0 Å². The van der Waals surface area contributed by atoms with Crippen molar-refractivity contribution in [2.75, 3.05) is 4.90 Å². The van der Waals surface area contributed by atoms with Gasteiger partial charge in [0.1, 0.15) is 5.65 Å². The van der Waals surface area contributed by atoms with Crippen LogP contribution in [-0.2, 0) is 27.1 Å². The Morgan fingerprint density at radius 2 is 0.853 bits per heavy atom. The molecule has 372 valence electrons. The Morgan fingerprint density at radius 1 is 0.347 bits per heavy atom. The van der Waals surface area contributed by atoms with Crippen molar-refractivity contribution >= 4 is 111 Å². The van der Waals surface area contributed by atoms with Crippen molar-refractivity contribution in [2.24, 2.45) is 0 Å². The summed E-state index contributed by atoms with van der Waals surface area (Å²) >= 11 is 0. The molecule has 0 unspecified atom stereocenters. The lowest BCUT2D eigenvalue weighted by Gasteiger charge is -2.42. The number of rotatable bonds is 2. The van der Waals surface area contributed by atoms with Crippen LogP contribution in [0, 0.1) is 0 Å². The summed E-state index contributed by atoms with van der Waals surface area (Å²) in [5.41, 5.74) is 24.3. The van der Waals surface area contributed by atoms with Crippen molar-refractivity contribution in [2.45, 2.75) is 131 Å². The summed E-state index contributed by atoms with van der Waals surface area (Å²) in [7, 11) is 0. The molecule has 0 saturated carbocycles. The number of fused-ring (bicyclic) bond motifs is 17. The third-order valence-corrected chi connectivity index (χ3v) is 17.5. The molecular formula is C70H69BN4. The highest BCUT2D eigenvalue weighted by Gasteiger charge is 2.47. The standard InChI is InChI=1S/C70H69BN4/c1-66(2,3)40-25-30-46(31-26-40)72-56-34-29-43(69(10,11)12)38-51(56)71-52-39-44(70(13,14)15)37-50-57-47-23-19-20-24-53(47)73(45-21-17-16-18-22-45)65(57)75(61(50)52)64-59-49-36-42(68(7,8)9)28-33-55(49)74-54-32-27-41(67(4,5)6)35-48(54)58(62(59)74)63(72)60(64)71/h16-39H,1-15H3. The van der Waals surface area contributed by atoms with Gasteiger partial charge >= 0.3 is 0 Å². The zero-order valence-electron chi connectivity index (χ0n) is 46.7. The minimum absolute atomic E-state index is 0.00316. The van der Waals surface area contributed by atoms with Crippen molar-refractivity contribution in [1.82, 2.24) is 13.5 Å². The summed E-state index contributed by atoms with van der Waals surface area (Å²) in [5.74, 6) is 0. The second kappa shape index (κ2) is 14.8. The van der Waals surface area contributed by atoms with Crippen molar-refractivity contribution in [1.29, 1.82) is 0 Å². The Labute approximate surface area is 443 Å². The fourth-order valence-electron chi connectivity index (χ4n) is 13.4. The molecule has 0 aliphatic carbocycles. The largest absolute Gasteiger partial charge is 0.311 e. The molecule has 0 amide bonds. The summed E-state index contributed by atoms with van der Waals surface area (Å²) in [4.78, 5) is 2.70. The smallest absolute Gasteiger partial charge is 0.252 e. The third kappa shape index (κ3) is 6.30. The van der Waals surface area contributed by atoms with Crippen LogP contribution in [0.25, 0.3) is 82.3 Å². The van der Waals surface area contributed by atoms with Gasteiger partial charge in [-0.3, -0.25) is 9.13 Å². The molecule has 4 aromatic heterocycles. The first kappa shape index (κ1) is 46.3. The fourth-order valence-corrected chi connectivity index (χ4v) is 13.4. The first-order valence-electron chi connectivity index (χ1n) is 27.5. The van der Waals surface area contributed by atoms with Crippen LogP contribution in [0.5, 0.6) is 0 Å². The van der Waals surface area contributed by atoms with E-state index in [0.717, 1.165) is 5.69 Å². The van der Waals surface area contributed by atoms with Gasteiger partial charge in [-0.05, 0) is 138 Å². The Kier molecular flexibility index (Phi) is 9.13. The summed E-state index contributed by atoms with van der Waals surface area (Å²) in [6, 6.07) is 57.4. The van der Waals surface area contributed by atoms with E-state index < -0.39 is 0 Å². The zero-order chi connectivity index (χ0) is 52.4. The van der Waals surface area contributed by atoms with Crippen LogP contribution in [0.2, 0.25) is 0 Å². The van der Waals surface area contributed by atoms with Crippen LogP contribution >= 0.6 is 0 Å². The van der Waals surface area contributed by atoms with Crippen molar-refractivity contribution in [3.8, 4) is 11.4 Å². The topological polar surface area (TPSA) is 17.5 Å². The van der Waals surface area contributed by atoms with Gasteiger partial charge in [0.2, 0.25) is 0 Å². The van der Waals surface area contributed by atoms with E-state index in [9.17, 15) is 0 Å². The lowest BCUT2D eigenvalue weighted by atomic mass is 9.33. The Balaban J connectivity index is 1.32. The molecule has 8 aromatic carbocycles. The highest BCUT2D eigenvalue weighted by Crippen LogP contribution is 2.54. The van der Waals surface area contributed by atoms with Gasteiger partial charge in [0.25, 0.3) is 6.71 Å². The van der Waals surface area contributed by atoms with Crippen LogP contribution in [-0.4, -0.2) is 20.2 Å². The molecule has 4 nitrogen and oxygen atoms in total. The maximum Gasteiger partial charge on any atom is 0.252 e. The number of hydrogen-bond donors (Lipinski definition) is 0. The van der Waals surface area contributed by atoms with Crippen LogP contribution < -0.4 is 21.3 Å². The molecule has 0 atom stereocenters. The molecular weight excluding hydrogens is 908 g/mol. The molecule has 0 fully saturated rings. The van der Waals surface area contributed by atoms with Crippen LogP contribution in [0.15, 0.2) is 146 Å². The van der Waals surface area contributed by atoms with Crippen molar-refractivity contribution < 1.29 is 0 Å². The maximum atomic E-state index is 2.78. The highest BCUT2D eigenvalue weighted by atomic mass is 15.2. The van der Waals surface area contributed by atoms with Crippen molar-refractivity contribution in [3.05, 3.63) is 173 Å². The van der Waals surface area contributed by atoms with Gasteiger partial charge in [-0.15, -0.1) is 0 Å². The molecule has 14 rings (SSSR count). The zero-order valence-corrected chi connectivity index (χ0v) is 46.7. The first-order chi connectivity index (χ1) is 35.4. The van der Waals surface area contributed by atoms with Gasteiger partial charge in [0.05, 0.1) is 39.0 Å². The number of anilines is 3. The Bertz CT molecular complexity index is 4410. The van der Waals surface area contributed by atoms with Gasteiger partial charge in [0, 0.05) is 54.8 Å². The monoisotopic (exact) mass is 977 g/mol. The lowest BCUT2D eigenvalue weighted by Crippen LogP contribution is -2.61. The molecule has 2 aliphatic heterocycles. The van der Waals surface area contributed by atoms with E-state index in [1.807, 2.05) is 0 Å². The molecule has 12 aromatic rings. The molecule has 0 radical (unpaired) electrons. The molecule has 2 aliphatic rings. The number of benzene rings is 8. The van der Waals surface area contributed by atoms with E-state index in [0.29, 0.717) is 0 Å². The van der Waals surface area contributed by atoms with E-state index in [2.05, 4.69) is 268 Å². The van der Waals surface area contributed by atoms with E-state index in [-0.39, 0.29) is 33.8 Å². The van der Waals surface area contributed by atoms with Gasteiger partial charge in [-0.2, -0.15) is 0 Å². The average Bonchev–Trinajstić information content (AvgIpc) is 4.30. The Hall–Kier alpha value is -7.24. The van der Waals surface area contributed by atoms with E-state index in [4.69, 9.17) is 0 Å². The predicted molar refractivity (Wildman–Crippen MR) is 325 cm³/mol. The quantitative estimate of drug-likeness (QED) is 0.158. The summed E-state index contributed by atoms with van der Waals surface area (Å²) in [6.07, 6.45) is 0. The number of nitrogens with zero attached hydrogens (tertiary/aromatic N) is 4. The van der Waals surface area contributed by atoms with Crippen molar-refractivity contribution in [3.63, 3.8) is 0 Å². The average molecular weight is 977 g/mol. The molecule has 5 heteroatoms. The maximum absolute atomic E-state index is 2.78. The number of aromatic nitrogens is 3. The molecule has 6 heterocycles. The summed E-state index contributed by atoms with van der Waals surface area (Å²) < 4.78 is 8.02. The summed E-state index contributed by atoms with van der Waals surface area (Å²) in [6.45, 7) is 35.4. The van der Waals surface area contributed by atoms with E-state index in [1.165, 1.54) is 138 Å². The van der Waals surface area contributed by atoms with E-state index in [1.54, 1.807) is 0 Å². The highest BCUT2D eigenvalue weighted by molar-refractivity contribution is 7.01. The Morgan fingerprint density at radius 3 is 1.45 bits per heavy atom. The summed E-state index contributed by atoms with van der Waals surface area (Å²) in [5, 5.41) is 9.18. The van der Waals surface area contributed by atoms with Gasteiger partial charge in [0.15, 0.2) is 0 Å². The molecule has 0 spiro atoms.